The van der Waals surface area contributed by atoms with Crippen LogP contribution in [0, 0.1) is 0 Å². The summed E-state index contributed by atoms with van der Waals surface area (Å²) in [7, 11) is 0. The Balaban J connectivity index is 6.36. The largest absolute Gasteiger partial charge is 0.460 e. The van der Waals surface area contributed by atoms with Gasteiger partial charge in [0.05, 0.1) is 0 Å². The van der Waals surface area contributed by atoms with Gasteiger partial charge >= 0.3 is 35.8 Å². The molecule has 0 amide bonds. The van der Waals surface area contributed by atoms with Crippen molar-refractivity contribution < 1.29 is 61.5 Å². The summed E-state index contributed by atoms with van der Waals surface area (Å²) in [6, 6.07) is -1.61. The van der Waals surface area contributed by atoms with Crippen molar-refractivity contribution >= 4 is 17.6 Å². The van der Waals surface area contributed by atoms with Gasteiger partial charge in [0.1, 0.15) is 6.00 Å². The van der Waals surface area contributed by atoms with Crippen molar-refractivity contribution in [1.82, 2.24) is 0 Å². The molecule has 0 aromatic rings. The molecule has 0 aromatic heterocycles. The van der Waals surface area contributed by atoms with Crippen LogP contribution < -0.4 is 0 Å². The molecule has 0 aliphatic heterocycles. The van der Waals surface area contributed by atoms with Crippen LogP contribution >= 0.6 is 11.6 Å². The fourth-order valence-corrected chi connectivity index (χ4v) is 1.16. The van der Waals surface area contributed by atoms with Crippen molar-refractivity contribution in [3.8, 4) is 0 Å². The lowest BCUT2D eigenvalue weighted by Crippen LogP contribution is -2.70. The fourth-order valence-electron chi connectivity index (χ4n) is 1.05. The van der Waals surface area contributed by atoms with Gasteiger partial charge in [-0.15, -0.1) is 11.6 Å². The standard InChI is InChI=1S/C8H2ClF14N/c9-1-24-2(10)3(11,12)4(13,14)5(15,16)6(17,18)7(19,20)8(21,22)23/h1H2/b24-2-. The Morgan fingerprint density at radius 3 is 1.25 bits per heavy atom. The zero-order valence-corrected chi connectivity index (χ0v) is 11.1. The third-order valence-electron chi connectivity index (χ3n) is 2.39. The molecule has 24 heavy (non-hydrogen) atoms. The van der Waals surface area contributed by atoms with Crippen molar-refractivity contribution in [1.29, 1.82) is 0 Å². The predicted octanol–water partition coefficient (Wildman–Crippen LogP) is 5.29. The number of hydrogen-bond acceptors (Lipinski definition) is 1. The summed E-state index contributed by atoms with van der Waals surface area (Å²) in [5.74, 6) is -42.5. The van der Waals surface area contributed by atoms with E-state index < -0.39 is 47.8 Å². The van der Waals surface area contributed by atoms with Crippen LogP contribution in [0.15, 0.2) is 4.99 Å². The van der Waals surface area contributed by atoms with E-state index in [1.807, 2.05) is 0 Å². The van der Waals surface area contributed by atoms with Gasteiger partial charge in [-0.2, -0.15) is 61.5 Å². The fraction of sp³-hybridized carbons (Fsp3) is 0.875. The molecule has 0 heterocycles. The van der Waals surface area contributed by atoms with Crippen molar-refractivity contribution in [3.05, 3.63) is 0 Å². The second kappa shape index (κ2) is 6.05. The monoisotopic (exact) mass is 413 g/mol. The summed E-state index contributed by atoms with van der Waals surface area (Å²) in [6.07, 6.45) is -7.52. The van der Waals surface area contributed by atoms with Crippen molar-refractivity contribution in [2.45, 2.75) is 35.8 Å². The van der Waals surface area contributed by atoms with E-state index in [9.17, 15) is 61.5 Å². The minimum atomic E-state index is -8.08. The van der Waals surface area contributed by atoms with Gasteiger partial charge in [-0.05, 0) is 0 Å². The SMILES string of the molecule is F/C(=N\CCl)C(F)(F)C(F)(F)C(F)(F)C(F)(F)C(F)(F)C(F)(F)F. The number of halogens is 15. The summed E-state index contributed by atoms with van der Waals surface area (Å²) < 4.78 is 175. The zero-order chi connectivity index (χ0) is 20.0. The third-order valence-corrected chi connectivity index (χ3v) is 2.51. The third kappa shape index (κ3) is 2.98. The lowest BCUT2D eigenvalue weighted by atomic mass is 9.94. The molecule has 0 fully saturated rings. The van der Waals surface area contributed by atoms with Crippen molar-refractivity contribution in [2.75, 3.05) is 6.00 Å². The van der Waals surface area contributed by atoms with E-state index >= 15 is 0 Å². The Kier molecular flexibility index (Phi) is 5.80. The average molecular weight is 414 g/mol. The number of alkyl halides is 14. The van der Waals surface area contributed by atoms with E-state index in [0.29, 0.717) is 0 Å². The molecular formula is C8H2ClF14N. The number of hydrogen-bond donors (Lipinski definition) is 0. The Labute approximate surface area is 127 Å². The molecule has 0 atom stereocenters. The summed E-state index contributed by atoms with van der Waals surface area (Å²) in [5.41, 5.74) is 0. The molecular weight excluding hydrogens is 412 g/mol. The van der Waals surface area contributed by atoms with Gasteiger partial charge in [-0.25, -0.2) is 4.99 Å². The molecule has 0 aromatic carbocycles. The van der Waals surface area contributed by atoms with Crippen LogP contribution in [0.4, 0.5) is 61.5 Å². The van der Waals surface area contributed by atoms with Gasteiger partial charge in [0, 0.05) is 0 Å². The maximum Gasteiger partial charge on any atom is 0.460 e. The first kappa shape index (κ1) is 23.0. The minimum absolute atomic E-state index is 1.61. The van der Waals surface area contributed by atoms with E-state index in [1.165, 1.54) is 0 Å². The Hall–Kier alpha value is -1.02. The van der Waals surface area contributed by atoms with Gasteiger partial charge in [-0.1, -0.05) is 0 Å². The maximum absolute atomic E-state index is 12.9. The summed E-state index contributed by atoms with van der Waals surface area (Å²) in [5, 5.41) is 0. The molecule has 0 saturated heterocycles. The minimum Gasteiger partial charge on any atom is -0.240 e. The Bertz CT molecular complexity index is 491. The molecule has 0 aliphatic carbocycles. The molecule has 0 radical (unpaired) electrons. The first-order valence-corrected chi connectivity index (χ1v) is 5.49. The summed E-state index contributed by atoms with van der Waals surface area (Å²) in [6.45, 7) is 0. The molecule has 0 aliphatic rings. The van der Waals surface area contributed by atoms with Crippen LogP contribution in [0.5, 0.6) is 0 Å². The molecule has 0 saturated carbocycles. The quantitative estimate of drug-likeness (QED) is 0.243. The number of rotatable bonds is 6. The molecule has 0 unspecified atom stereocenters. The Morgan fingerprint density at radius 1 is 0.625 bits per heavy atom. The molecule has 0 bridgehead atoms. The normalized spacial score (nSPS) is 16.5. The average Bonchev–Trinajstić information content (AvgIpc) is 2.36. The van der Waals surface area contributed by atoms with Crippen molar-refractivity contribution in [3.63, 3.8) is 0 Å². The summed E-state index contributed by atoms with van der Waals surface area (Å²) in [4.78, 5) is 1.67. The second-order valence-corrected chi connectivity index (χ2v) is 4.18. The Morgan fingerprint density at radius 2 is 0.958 bits per heavy atom. The van der Waals surface area contributed by atoms with Gasteiger partial charge in [0.25, 0.3) is 5.97 Å². The predicted molar refractivity (Wildman–Crippen MR) is 50.1 cm³/mol. The highest BCUT2D eigenvalue weighted by molar-refractivity contribution is 6.18. The first-order valence-electron chi connectivity index (χ1n) is 4.95. The summed E-state index contributed by atoms with van der Waals surface area (Å²) >= 11 is 4.48. The van der Waals surface area contributed by atoms with Crippen LogP contribution in [0.2, 0.25) is 0 Å². The lowest BCUT2D eigenvalue weighted by molar-refractivity contribution is -0.435. The number of nitrogens with zero attached hydrogens (tertiary/aromatic N) is 1. The van der Waals surface area contributed by atoms with Crippen LogP contribution in [-0.4, -0.2) is 47.8 Å². The zero-order valence-electron chi connectivity index (χ0n) is 10.3. The van der Waals surface area contributed by atoms with Gasteiger partial charge in [-0.3, -0.25) is 0 Å². The topological polar surface area (TPSA) is 12.4 Å². The molecule has 0 spiro atoms. The smallest absolute Gasteiger partial charge is 0.240 e. The highest BCUT2D eigenvalue weighted by Gasteiger charge is 2.91. The highest BCUT2D eigenvalue weighted by Crippen LogP contribution is 2.60. The van der Waals surface area contributed by atoms with E-state index in [4.69, 9.17) is 0 Å². The van der Waals surface area contributed by atoms with Crippen LogP contribution in [0.25, 0.3) is 0 Å². The van der Waals surface area contributed by atoms with Gasteiger partial charge in [0.15, 0.2) is 0 Å². The highest BCUT2D eigenvalue weighted by atomic mass is 35.5. The number of aliphatic imine (C=N–C) groups is 1. The van der Waals surface area contributed by atoms with E-state index in [-0.39, 0.29) is 0 Å². The van der Waals surface area contributed by atoms with Gasteiger partial charge < -0.3 is 0 Å². The molecule has 16 heteroatoms. The van der Waals surface area contributed by atoms with E-state index in [0.717, 1.165) is 0 Å². The molecule has 144 valence electrons. The van der Waals surface area contributed by atoms with Crippen LogP contribution in [-0.2, 0) is 0 Å². The molecule has 1 nitrogen and oxygen atoms in total. The first-order chi connectivity index (χ1) is 10.2. The van der Waals surface area contributed by atoms with Crippen LogP contribution in [0.3, 0.4) is 0 Å². The van der Waals surface area contributed by atoms with E-state index in [1.54, 1.807) is 4.99 Å². The van der Waals surface area contributed by atoms with E-state index in [2.05, 4.69) is 11.6 Å². The second-order valence-electron chi connectivity index (χ2n) is 3.94. The van der Waals surface area contributed by atoms with Crippen LogP contribution in [0.1, 0.15) is 0 Å². The lowest BCUT2D eigenvalue weighted by Gasteiger charge is -2.39. The van der Waals surface area contributed by atoms with Gasteiger partial charge in [0.2, 0.25) is 0 Å². The molecule has 0 N–H and O–H groups in total. The molecule has 0 rings (SSSR count). The maximum atomic E-state index is 12.9. The van der Waals surface area contributed by atoms with Crippen molar-refractivity contribution in [2.24, 2.45) is 4.99 Å².